The van der Waals surface area contributed by atoms with E-state index in [0.29, 0.717) is 11.7 Å². The van der Waals surface area contributed by atoms with Gasteiger partial charge in [-0.3, -0.25) is 0 Å². The van der Waals surface area contributed by atoms with Crippen molar-refractivity contribution in [1.29, 1.82) is 0 Å². The summed E-state index contributed by atoms with van der Waals surface area (Å²) in [6.45, 7) is 10.7. The summed E-state index contributed by atoms with van der Waals surface area (Å²) in [6, 6.07) is 0. The van der Waals surface area contributed by atoms with E-state index in [0.717, 1.165) is 25.9 Å². The van der Waals surface area contributed by atoms with Crippen molar-refractivity contribution >= 4 is 9.84 Å². The molecule has 0 aliphatic carbocycles. The first kappa shape index (κ1) is 15.9. The maximum atomic E-state index is 11.0. The van der Waals surface area contributed by atoms with Crippen LogP contribution in [0.4, 0.5) is 0 Å². The molecule has 0 atom stereocenters. The van der Waals surface area contributed by atoms with Crippen LogP contribution in [0.5, 0.6) is 0 Å². The van der Waals surface area contributed by atoms with Crippen molar-refractivity contribution in [2.75, 3.05) is 25.1 Å². The number of sulfone groups is 1. The Hall–Kier alpha value is -0.0900. The van der Waals surface area contributed by atoms with E-state index in [2.05, 4.69) is 33.0 Å². The van der Waals surface area contributed by atoms with Crippen LogP contribution < -0.4 is 5.32 Å². The highest BCUT2D eigenvalue weighted by molar-refractivity contribution is 7.90. The molecule has 0 saturated heterocycles. The Labute approximate surface area is 101 Å². The minimum Gasteiger partial charge on any atom is -0.316 e. The van der Waals surface area contributed by atoms with Gasteiger partial charge in [0, 0.05) is 18.6 Å². The molecule has 0 spiro atoms. The Morgan fingerprint density at radius 1 is 1.25 bits per heavy atom. The van der Waals surface area contributed by atoms with Crippen LogP contribution >= 0.6 is 0 Å². The van der Waals surface area contributed by atoms with Gasteiger partial charge in [-0.15, -0.1) is 0 Å². The summed E-state index contributed by atoms with van der Waals surface area (Å²) in [5.41, 5.74) is 0.180. The van der Waals surface area contributed by atoms with Crippen molar-refractivity contribution in [1.82, 2.24) is 5.32 Å². The quantitative estimate of drug-likeness (QED) is 0.716. The van der Waals surface area contributed by atoms with Crippen LogP contribution in [0.25, 0.3) is 0 Å². The van der Waals surface area contributed by atoms with Crippen LogP contribution in [0.1, 0.15) is 40.5 Å². The zero-order chi connectivity index (χ0) is 12.8. The van der Waals surface area contributed by atoms with Gasteiger partial charge in [0.1, 0.15) is 9.84 Å². The van der Waals surface area contributed by atoms with E-state index >= 15 is 0 Å². The zero-order valence-corrected chi connectivity index (χ0v) is 12.2. The van der Waals surface area contributed by atoms with E-state index in [9.17, 15) is 8.42 Å². The fraction of sp³-hybridized carbons (Fsp3) is 1.00. The molecular formula is C12H27NO2S. The average Bonchev–Trinajstić information content (AvgIpc) is 1.99. The molecular weight excluding hydrogens is 222 g/mol. The molecule has 3 nitrogen and oxygen atoms in total. The van der Waals surface area contributed by atoms with Crippen LogP contribution in [-0.2, 0) is 9.84 Å². The van der Waals surface area contributed by atoms with E-state index in [4.69, 9.17) is 0 Å². The lowest BCUT2D eigenvalue weighted by atomic mass is 9.88. The first-order valence-corrected chi connectivity index (χ1v) is 8.07. The van der Waals surface area contributed by atoms with Crippen LogP contribution in [-0.4, -0.2) is 33.5 Å². The number of nitrogens with one attached hydrogen (secondary N) is 1. The summed E-state index contributed by atoms with van der Waals surface area (Å²) in [5.74, 6) is 0.965. The first-order valence-electron chi connectivity index (χ1n) is 6.01. The second-order valence-electron chi connectivity index (χ2n) is 5.92. The standard InChI is InChI=1S/C12H27NO2S/c1-11(2)9-13-10-12(3,4)7-6-8-16(5,14)15/h11,13H,6-10H2,1-5H3. The minimum absolute atomic E-state index is 0.180. The van der Waals surface area contributed by atoms with Crippen LogP contribution in [0.15, 0.2) is 0 Å². The average molecular weight is 249 g/mol. The fourth-order valence-electron chi connectivity index (χ4n) is 1.60. The molecule has 0 amide bonds. The summed E-state index contributed by atoms with van der Waals surface area (Å²) in [6.07, 6.45) is 3.01. The monoisotopic (exact) mass is 249 g/mol. The molecule has 0 bridgehead atoms. The molecule has 16 heavy (non-hydrogen) atoms. The second kappa shape index (κ2) is 6.60. The lowest BCUT2D eigenvalue weighted by Gasteiger charge is -2.25. The largest absolute Gasteiger partial charge is 0.316 e. The molecule has 0 aliphatic rings. The van der Waals surface area contributed by atoms with Gasteiger partial charge in [-0.2, -0.15) is 0 Å². The molecule has 0 aromatic carbocycles. The third-order valence-electron chi connectivity index (χ3n) is 2.52. The molecule has 0 unspecified atom stereocenters. The SMILES string of the molecule is CC(C)CNCC(C)(C)CCCS(C)(=O)=O. The van der Waals surface area contributed by atoms with E-state index in [1.165, 1.54) is 6.26 Å². The normalized spacial score (nSPS) is 13.4. The molecule has 0 aliphatic heterocycles. The summed E-state index contributed by atoms with van der Waals surface area (Å²) in [4.78, 5) is 0. The van der Waals surface area contributed by atoms with Gasteiger partial charge in [0.15, 0.2) is 0 Å². The highest BCUT2D eigenvalue weighted by Crippen LogP contribution is 2.21. The predicted octanol–water partition coefficient (Wildman–Crippen LogP) is 2.08. The Balaban J connectivity index is 3.78. The Bertz CT molecular complexity index is 281. The first-order chi connectivity index (χ1) is 7.12. The van der Waals surface area contributed by atoms with Gasteiger partial charge in [-0.05, 0) is 30.7 Å². The van der Waals surface area contributed by atoms with Crippen molar-refractivity contribution in [3.63, 3.8) is 0 Å². The van der Waals surface area contributed by atoms with Crippen molar-refractivity contribution in [2.45, 2.75) is 40.5 Å². The van der Waals surface area contributed by atoms with E-state index in [-0.39, 0.29) is 5.41 Å². The summed E-state index contributed by atoms with van der Waals surface area (Å²) in [5, 5.41) is 3.42. The summed E-state index contributed by atoms with van der Waals surface area (Å²) >= 11 is 0. The Kier molecular flexibility index (Phi) is 6.56. The Morgan fingerprint density at radius 2 is 1.81 bits per heavy atom. The molecule has 0 saturated carbocycles. The van der Waals surface area contributed by atoms with Gasteiger partial charge in [0.2, 0.25) is 0 Å². The molecule has 4 heteroatoms. The minimum atomic E-state index is -2.80. The van der Waals surface area contributed by atoms with Crippen LogP contribution in [0.2, 0.25) is 0 Å². The second-order valence-corrected chi connectivity index (χ2v) is 8.18. The molecule has 0 radical (unpaired) electrons. The molecule has 0 heterocycles. The highest BCUT2D eigenvalue weighted by atomic mass is 32.2. The third-order valence-corrected chi connectivity index (χ3v) is 3.56. The van der Waals surface area contributed by atoms with Crippen molar-refractivity contribution < 1.29 is 8.42 Å². The van der Waals surface area contributed by atoms with Crippen molar-refractivity contribution in [2.24, 2.45) is 11.3 Å². The van der Waals surface area contributed by atoms with Gasteiger partial charge in [0.25, 0.3) is 0 Å². The van der Waals surface area contributed by atoms with Gasteiger partial charge in [-0.1, -0.05) is 27.7 Å². The van der Waals surface area contributed by atoms with Crippen LogP contribution in [0.3, 0.4) is 0 Å². The van der Waals surface area contributed by atoms with Gasteiger partial charge in [-0.25, -0.2) is 8.42 Å². The van der Waals surface area contributed by atoms with E-state index in [1.54, 1.807) is 0 Å². The van der Waals surface area contributed by atoms with E-state index < -0.39 is 9.84 Å². The fourth-order valence-corrected chi connectivity index (χ4v) is 2.27. The highest BCUT2D eigenvalue weighted by Gasteiger charge is 2.18. The third kappa shape index (κ3) is 10.4. The number of rotatable bonds is 8. The maximum absolute atomic E-state index is 11.0. The molecule has 98 valence electrons. The Morgan fingerprint density at radius 3 is 2.25 bits per heavy atom. The van der Waals surface area contributed by atoms with Gasteiger partial charge in [0.05, 0.1) is 0 Å². The maximum Gasteiger partial charge on any atom is 0.147 e. The number of hydrogen-bond acceptors (Lipinski definition) is 3. The smallest absolute Gasteiger partial charge is 0.147 e. The van der Waals surface area contributed by atoms with Gasteiger partial charge < -0.3 is 5.32 Å². The molecule has 0 rings (SSSR count). The summed E-state index contributed by atoms with van der Waals surface area (Å²) in [7, 11) is -2.80. The molecule has 1 N–H and O–H groups in total. The lowest BCUT2D eigenvalue weighted by Crippen LogP contribution is -2.32. The number of hydrogen-bond donors (Lipinski definition) is 1. The predicted molar refractivity (Wildman–Crippen MR) is 70.4 cm³/mol. The van der Waals surface area contributed by atoms with E-state index in [1.807, 2.05) is 0 Å². The van der Waals surface area contributed by atoms with Gasteiger partial charge >= 0.3 is 0 Å². The summed E-state index contributed by atoms with van der Waals surface area (Å²) < 4.78 is 22.0. The van der Waals surface area contributed by atoms with Crippen molar-refractivity contribution in [3.8, 4) is 0 Å². The molecule has 0 fully saturated rings. The zero-order valence-electron chi connectivity index (χ0n) is 11.3. The van der Waals surface area contributed by atoms with Crippen molar-refractivity contribution in [3.05, 3.63) is 0 Å². The molecule has 0 aromatic heterocycles. The lowest BCUT2D eigenvalue weighted by molar-refractivity contribution is 0.305. The molecule has 0 aromatic rings. The van der Waals surface area contributed by atoms with Crippen LogP contribution in [0, 0.1) is 11.3 Å². The topological polar surface area (TPSA) is 46.2 Å².